The maximum absolute atomic E-state index is 12.3. The summed E-state index contributed by atoms with van der Waals surface area (Å²) in [6.45, 7) is 3.96. The summed E-state index contributed by atoms with van der Waals surface area (Å²) in [6, 6.07) is 0.129. The fourth-order valence-corrected chi connectivity index (χ4v) is 2.40. The predicted octanol–water partition coefficient (Wildman–Crippen LogP) is 1.48. The number of carbonyl (C=O) groups excluding carboxylic acids is 1. The number of rotatable bonds is 4. The van der Waals surface area contributed by atoms with Crippen LogP contribution in [-0.4, -0.2) is 35.1 Å². The Labute approximate surface area is 119 Å². The van der Waals surface area contributed by atoms with Crippen LogP contribution in [0.1, 0.15) is 55.3 Å². The molecule has 6 nitrogen and oxygen atoms in total. The molecule has 1 aliphatic carbocycles. The Morgan fingerprint density at radius 1 is 1.50 bits per heavy atom. The van der Waals surface area contributed by atoms with Crippen molar-refractivity contribution in [1.82, 2.24) is 15.3 Å². The second kappa shape index (κ2) is 6.17. The summed E-state index contributed by atoms with van der Waals surface area (Å²) in [7, 11) is 1.70. The molecule has 1 aliphatic rings. The van der Waals surface area contributed by atoms with Crippen LogP contribution >= 0.6 is 0 Å². The molecule has 1 saturated carbocycles. The van der Waals surface area contributed by atoms with E-state index in [1.165, 1.54) is 6.20 Å². The van der Waals surface area contributed by atoms with Crippen molar-refractivity contribution in [2.24, 2.45) is 0 Å². The molecule has 0 spiro atoms. The van der Waals surface area contributed by atoms with Crippen LogP contribution in [0.3, 0.4) is 0 Å². The molecule has 0 bridgehead atoms. The molecule has 2 rings (SSSR count). The number of hydrogen-bond donors (Lipinski definition) is 2. The first-order chi connectivity index (χ1) is 9.51. The molecule has 110 valence electrons. The average molecular weight is 278 g/mol. The molecule has 2 unspecified atom stereocenters. The van der Waals surface area contributed by atoms with Crippen molar-refractivity contribution in [3.8, 4) is 0 Å². The minimum absolute atomic E-state index is 0.129. The van der Waals surface area contributed by atoms with E-state index in [1.54, 1.807) is 7.11 Å². The second-order valence-electron chi connectivity index (χ2n) is 5.53. The van der Waals surface area contributed by atoms with Crippen LogP contribution in [-0.2, 0) is 4.74 Å². The molecule has 2 atom stereocenters. The summed E-state index contributed by atoms with van der Waals surface area (Å²) in [4.78, 5) is 20.7. The van der Waals surface area contributed by atoms with Crippen LogP contribution in [0, 0.1) is 0 Å². The average Bonchev–Trinajstić information content (AvgIpc) is 2.86. The molecule has 0 aromatic carbocycles. The van der Waals surface area contributed by atoms with Crippen molar-refractivity contribution in [3.63, 3.8) is 0 Å². The van der Waals surface area contributed by atoms with Crippen molar-refractivity contribution in [1.29, 1.82) is 0 Å². The lowest BCUT2D eigenvalue weighted by Crippen LogP contribution is -2.34. The van der Waals surface area contributed by atoms with E-state index in [0.29, 0.717) is 11.5 Å². The highest BCUT2D eigenvalue weighted by Gasteiger charge is 2.27. The number of amides is 1. The van der Waals surface area contributed by atoms with Gasteiger partial charge in [0.2, 0.25) is 0 Å². The van der Waals surface area contributed by atoms with E-state index in [4.69, 9.17) is 10.5 Å². The van der Waals surface area contributed by atoms with Crippen LogP contribution in [0.5, 0.6) is 0 Å². The van der Waals surface area contributed by atoms with Gasteiger partial charge in [0.15, 0.2) is 5.69 Å². The maximum atomic E-state index is 12.3. The third kappa shape index (κ3) is 3.25. The molecule has 1 heterocycles. The van der Waals surface area contributed by atoms with Crippen molar-refractivity contribution in [3.05, 3.63) is 17.7 Å². The van der Waals surface area contributed by atoms with Crippen molar-refractivity contribution in [2.45, 2.75) is 51.2 Å². The van der Waals surface area contributed by atoms with E-state index in [0.717, 1.165) is 19.3 Å². The Morgan fingerprint density at radius 2 is 2.25 bits per heavy atom. The van der Waals surface area contributed by atoms with Gasteiger partial charge >= 0.3 is 0 Å². The highest BCUT2D eigenvalue weighted by atomic mass is 16.5. The van der Waals surface area contributed by atoms with E-state index in [9.17, 15) is 4.79 Å². The minimum Gasteiger partial charge on any atom is -0.396 e. The molecule has 0 radical (unpaired) electrons. The van der Waals surface area contributed by atoms with Crippen LogP contribution in [0.15, 0.2) is 6.20 Å². The second-order valence-corrected chi connectivity index (χ2v) is 5.53. The first-order valence-electron chi connectivity index (χ1n) is 6.97. The summed E-state index contributed by atoms with van der Waals surface area (Å²) < 4.78 is 5.30. The van der Waals surface area contributed by atoms with Gasteiger partial charge in [-0.3, -0.25) is 4.79 Å². The lowest BCUT2D eigenvalue weighted by molar-refractivity contribution is 0.0911. The molecule has 3 N–H and O–H groups in total. The molecule has 1 aromatic heterocycles. The van der Waals surface area contributed by atoms with Gasteiger partial charge in [-0.15, -0.1) is 0 Å². The zero-order valence-corrected chi connectivity index (χ0v) is 12.2. The third-order valence-electron chi connectivity index (χ3n) is 3.62. The van der Waals surface area contributed by atoms with Crippen LogP contribution in [0.4, 0.5) is 5.69 Å². The fraction of sp³-hybridized carbons (Fsp3) is 0.643. The number of ether oxygens (including phenoxy) is 1. The first kappa shape index (κ1) is 14.7. The summed E-state index contributed by atoms with van der Waals surface area (Å²) in [5, 5.41) is 2.98. The van der Waals surface area contributed by atoms with E-state index in [2.05, 4.69) is 15.3 Å². The van der Waals surface area contributed by atoms with Crippen molar-refractivity contribution < 1.29 is 9.53 Å². The van der Waals surface area contributed by atoms with E-state index in [-0.39, 0.29) is 29.7 Å². The smallest absolute Gasteiger partial charge is 0.272 e. The third-order valence-corrected chi connectivity index (χ3v) is 3.62. The van der Waals surface area contributed by atoms with Crippen LogP contribution < -0.4 is 11.1 Å². The van der Waals surface area contributed by atoms with Gasteiger partial charge in [-0.2, -0.15) is 0 Å². The summed E-state index contributed by atoms with van der Waals surface area (Å²) in [5.41, 5.74) is 6.39. The number of nitrogen functional groups attached to an aromatic ring is 1. The number of aromatic nitrogens is 2. The van der Waals surface area contributed by atoms with E-state index >= 15 is 0 Å². The van der Waals surface area contributed by atoms with Gasteiger partial charge in [0.25, 0.3) is 5.91 Å². The number of nitrogens with two attached hydrogens (primary N) is 1. The normalized spacial score (nSPS) is 22.2. The summed E-state index contributed by atoms with van der Waals surface area (Å²) in [6.07, 6.45) is 4.47. The van der Waals surface area contributed by atoms with Gasteiger partial charge in [-0.25, -0.2) is 9.97 Å². The molecular formula is C14H22N4O2. The Kier molecular flexibility index (Phi) is 4.54. The van der Waals surface area contributed by atoms with Gasteiger partial charge in [-0.05, 0) is 19.3 Å². The lowest BCUT2D eigenvalue weighted by Gasteiger charge is -2.14. The number of hydrogen-bond acceptors (Lipinski definition) is 5. The monoisotopic (exact) mass is 278 g/mol. The Hall–Kier alpha value is -1.69. The topological polar surface area (TPSA) is 90.1 Å². The number of nitrogens with one attached hydrogen (secondary N) is 1. The zero-order valence-electron chi connectivity index (χ0n) is 12.2. The Balaban J connectivity index is 2.07. The predicted molar refractivity (Wildman–Crippen MR) is 76.4 cm³/mol. The Morgan fingerprint density at radius 3 is 2.85 bits per heavy atom. The molecule has 6 heteroatoms. The summed E-state index contributed by atoms with van der Waals surface area (Å²) >= 11 is 0. The maximum Gasteiger partial charge on any atom is 0.272 e. The highest BCUT2D eigenvalue weighted by molar-refractivity contribution is 5.97. The highest BCUT2D eigenvalue weighted by Crippen LogP contribution is 2.22. The molecular weight excluding hydrogens is 256 g/mol. The number of methoxy groups -OCH3 is 1. The molecule has 20 heavy (non-hydrogen) atoms. The molecule has 0 aliphatic heterocycles. The van der Waals surface area contributed by atoms with E-state index in [1.807, 2.05) is 13.8 Å². The van der Waals surface area contributed by atoms with Gasteiger partial charge < -0.3 is 15.8 Å². The molecule has 1 aromatic rings. The van der Waals surface area contributed by atoms with Crippen LogP contribution in [0.25, 0.3) is 0 Å². The van der Waals surface area contributed by atoms with Gasteiger partial charge in [0.05, 0.1) is 18.0 Å². The van der Waals surface area contributed by atoms with E-state index < -0.39 is 0 Å². The Bertz CT molecular complexity index is 490. The largest absolute Gasteiger partial charge is 0.396 e. The summed E-state index contributed by atoms with van der Waals surface area (Å²) in [5.74, 6) is 0.561. The first-order valence-corrected chi connectivity index (χ1v) is 6.97. The lowest BCUT2D eigenvalue weighted by atomic mass is 10.2. The van der Waals surface area contributed by atoms with Crippen molar-refractivity contribution >= 4 is 11.6 Å². The van der Waals surface area contributed by atoms with Gasteiger partial charge in [0, 0.05) is 19.1 Å². The number of anilines is 1. The quantitative estimate of drug-likeness (QED) is 0.870. The fourth-order valence-electron chi connectivity index (χ4n) is 2.40. The number of nitrogens with zero attached hydrogens (tertiary/aromatic N) is 2. The minimum atomic E-state index is -0.228. The molecule has 1 fully saturated rings. The molecule has 1 amide bonds. The standard InChI is InChI=1S/C14H22N4O2/c1-8(2)13-16-7-11(15)12(18-13)14(19)17-9-4-5-10(6-9)20-3/h7-10H,4-6,15H2,1-3H3,(H,17,19). The van der Waals surface area contributed by atoms with Gasteiger partial charge in [0.1, 0.15) is 5.82 Å². The SMILES string of the molecule is COC1CCC(NC(=O)c2nc(C(C)C)ncc2N)C1. The van der Waals surface area contributed by atoms with Gasteiger partial charge in [-0.1, -0.05) is 13.8 Å². The zero-order chi connectivity index (χ0) is 14.7. The number of carbonyl (C=O) groups is 1. The van der Waals surface area contributed by atoms with Crippen LogP contribution in [0.2, 0.25) is 0 Å². The van der Waals surface area contributed by atoms with Crippen molar-refractivity contribution in [2.75, 3.05) is 12.8 Å². The molecule has 0 saturated heterocycles.